The van der Waals surface area contributed by atoms with Gasteiger partial charge in [0, 0.05) is 12.8 Å². The first-order valence-corrected chi connectivity index (χ1v) is 11.9. The van der Waals surface area contributed by atoms with Crippen LogP contribution in [0, 0.1) is 0 Å². The van der Waals surface area contributed by atoms with Crippen LogP contribution in [0.15, 0.2) is 24.3 Å². The Morgan fingerprint density at radius 2 is 1.56 bits per heavy atom. The third kappa shape index (κ3) is 9.03. The van der Waals surface area contributed by atoms with Gasteiger partial charge in [-0.05, 0) is 44.9 Å². The number of hydrogen-bond acceptors (Lipinski definition) is 7. The summed E-state index contributed by atoms with van der Waals surface area (Å²) in [6.07, 6.45) is 6.08. The Morgan fingerprint density at radius 1 is 0.971 bits per heavy atom. The highest BCUT2D eigenvalue weighted by atomic mass is 16.7. The standard InChI is InChI=1S/C25H36N2O7/c1-5-6-7-8-9-10-17-32-19-13-11-18(12-14-19)22(26-24(31)33-25(2,3)4)23(30)34-27-20(28)15-16-21(27)29/h11-14,22H,5-10,15-17H2,1-4H3,(H,26,31). The van der Waals surface area contributed by atoms with Crippen molar-refractivity contribution in [3.8, 4) is 5.75 Å². The van der Waals surface area contributed by atoms with Crippen molar-refractivity contribution in [1.82, 2.24) is 10.4 Å². The second-order valence-electron chi connectivity index (χ2n) is 9.26. The van der Waals surface area contributed by atoms with Gasteiger partial charge in [-0.15, -0.1) is 5.06 Å². The maximum Gasteiger partial charge on any atom is 0.408 e. The van der Waals surface area contributed by atoms with Gasteiger partial charge < -0.3 is 19.6 Å². The van der Waals surface area contributed by atoms with Gasteiger partial charge in [0.15, 0.2) is 6.04 Å². The van der Waals surface area contributed by atoms with Crippen LogP contribution in [0.5, 0.6) is 5.75 Å². The molecule has 0 saturated carbocycles. The molecule has 2 rings (SSSR count). The van der Waals surface area contributed by atoms with Crippen LogP contribution in [-0.4, -0.2) is 41.1 Å². The Hall–Kier alpha value is -3.10. The molecule has 34 heavy (non-hydrogen) atoms. The lowest BCUT2D eigenvalue weighted by Crippen LogP contribution is -2.42. The largest absolute Gasteiger partial charge is 0.494 e. The van der Waals surface area contributed by atoms with E-state index in [0.29, 0.717) is 23.0 Å². The molecule has 1 heterocycles. The second-order valence-corrected chi connectivity index (χ2v) is 9.26. The summed E-state index contributed by atoms with van der Waals surface area (Å²) in [4.78, 5) is 53.9. The van der Waals surface area contributed by atoms with Gasteiger partial charge in [0.1, 0.15) is 11.4 Å². The summed E-state index contributed by atoms with van der Waals surface area (Å²) < 4.78 is 11.0. The number of alkyl carbamates (subject to hydrolysis) is 1. The van der Waals surface area contributed by atoms with E-state index in [1.54, 1.807) is 45.0 Å². The summed E-state index contributed by atoms with van der Waals surface area (Å²) in [7, 11) is 0. The topological polar surface area (TPSA) is 111 Å². The van der Waals surface area contributed by atoms with Gasteiger partial charge in [-0.3, -0.25) is 9.59 Å². The zero-order valence-electron chi connectivity index (χ0n) is 20.6. The number of rotatable bonds is 12. The number of nitrogens with one attached hydrogen (secondary N) is 1. The number of carbonyl (C=O) groups is 4. The summed E-state index contributed by atoms with van der Waals surface area (Å²) in [6.45, 7) is 7.85. The Balaban J connectivity index is 2.02. The van der Waals surface area contributed by atoms with Crippen molar-refractivity contribution < 1.29 is 33.5 Å². The third-order valence-electron chi connectivity index (χ3n) is 5.06. The number of imide groups is 1. The van der Waals surface area contributed by atoms with Crippen LogP contribution < -0.4 is 10.1 Å². The molecule has 1 aliphatic heterocycles. The van der Waals surface area contributed by atoms with Crippen molar-refractivity contribution in [3.05, 3.63) is 29.8 Å². The Bertz CT molecular complexity index is 830. The van der Waals surface area contributed by atoms with Crippen molar-refractivity contribution in [2.24, 2.45) is 0 Å². The van der Waals surface area contributed by atoms with Gasteiger partial charge in [-0.2, -0.15) is 0 Å². The molecule has 9 nitrogen and oxygen atoms in total. The Morgan fingerprint density at radius 3 is 2.15 bits per heavy atom. The fraction of sp³-hybridized carbons (Fsp3) is 0.600. The van der Waals surface area contributed by atoms with Crippen LogP contribution in [0.1, 0.15) is 90.7 Å². The molecule has 0 bridgehead atoms. The van der Waals surface area contributed by atoms with Gasteiger partial charge in [-0.25, -0.2) is 9.59 Å². The highest BCUT2D eigenvalue weighted by Crippen LogP contribution is 2.22. The zero-order valence-corrected chi connectivity index (χ0v) is 20.6. The molecule has 1 aromatic rings. The van der Waals surface area contributed by atoms with Gasteiger partial charge in [0.2, 0.25) is 0 Å². The minimum atomic E-state index is -1.29. The van der Waals surface area contributed by atoms with Gasteiger partial charge >= 0.3 is 12.1 Å². The highest BCUT2D eigenvalue weighted by Gasteiger charge is 2.36. The summed E-state index contributed by atoms with van der Waals surface area (Å²) in [5.41, 5.74) is -0.393. The monoisotopic (exact) mass is 476 g/mol. The minimum Gasteiger partial charge on any atom is -0.494 e. The SMILES string of the molecule is CCCCCCCCOc1ccc(C(NC(=O)OC(C)(C)C)C(=O)ON2C(=O)CCC2=O)cc1. The van der Waals surface area contributed by atoms with E-state index in [2.05, 4.69) is 12.2 Å². The van der Waals surface area contributed by atoms with Crippen LogP contribution in [0.2, 0.25) is 0 Å². The molecule has 0 radical (unpaired) electrons. The number of benzene rings is 1. The summed E-state index contributed by atoms with van der Waals surface area (Å²) in [5, 5.41) is 2.91. The van der Waals surface area contributed by atoms with Gasteiger partial charge in [0.25, 0.3) is 11.8 Å². The van der Waals surface area contributed by atoms with Gasteiger partial charge in [0.05, 0.1) is 6.61 Å². The number of unbranched alkanes of at least 4 members (excludes halogenated alkanes) is 5. The van der Waals surface area contributed by atoms with Crippen LogP contribution in [-0.2, 0) is 24.0 Å². The van der Waals surface area contributed by atoms with E-state index in [9.17, 15) is 19.2 Å². The molecule has 1 saturated heterocycles. The fourth-order valence-electron chi connectivity index (χ4n) is 3.33. The average Bonchev–Trinajstić information content (AvgIpc) is 3.08. The molecule has 0 aromatic heterocycles. The third-order valence-corrected chi connectivity index (χ3v) is 5.06. The number of nitrogens with zero attached hydrogens (tertiary/aromatic N) is 1. The normalized spacial score (nSPS) is 14.6. The fourth-order valence-corrected chi connectivity index (χ4v) is 3.33. The highest BCUT2D eigenvalue weighted by molar-refractivity contribution is 6.02. The molecule has 9 heteroatoms. The van der Waals surface area contributed by atoms with Crippen LogP contribution >= 0.6 is 0 Å². The van der Waals surface area contributed by atoms with E-state index < -0.39 is 35.5 Å². The molecule has 188 valence electrons. The molecule has 1 N–H and O–H groups in total. The lowest BCUT2D eigenvalue weighted by atomic mass is 10.1. The number of ether oxygens (including phenoxy) is 2. The lowest BCUT2D eigenvalue weighted by molar-refractivity contribution is -0.199. The molecule has 1 fully saturated rings. The van der Waals surface area contributed by atoms with Crippen molar-refractivity contribution in [2.75, 3.05) is 6.61 Å². The van der Waals surface area contributed by atoms with Crippen molar-refractivity contribution in [1.29, 1.82) is 0 Å². The molecule has 1 unspecified atom stereocenters. The van der Waals surface area contributed by atoms with Crippen molar-refractivity contribution in [3.63, 3.8) is 0 Å². The van der Waals surface area contributed by atoms with E-state index in [4.69, 9.17) is 14.3 Å². The van der Waals surface area contributed by atoms with Crippen LogP contribution in [0.3, 0.4) is 0 Å². The summed E-state index contributed by atoms with van der Waals surface area (Å²) >= 11 is 0. The number of carbonyl (C=O) groups excluding carboxylic acids is 4. The predicted molar refractivity (Wildman–Crippen MR) is 125 cm³/mol. The molecule has 1 aliphatic rings. The number of hydroxylamine groups is 2. The maximum absolute atomic E-state index is 12.8. The number of hydrogen-bond donors (Lipinski definition) is 1. The van der Waals surface area contributed by atoms with E-state index in [-0.39, 0.29) is 12.8 Å². The molecular weight excluding hydrogens is 440 g/mol. The van der Waals surface area contributed by atoms with Crippen LogP contribution in [0.25, 0.3) is 0 Å². The Labute approximate surface area is 201 Å². The average molecular weight is 477 g/mol. The minimum absolute atomic E-state index is 0.0269. The van der Waals surface area contributed by atoms with E-state index in [1.807, 2.05) is 0 Å². The van der Waals surface area contributed by atoms with E-state index >= 15 is 0 Å². The van der Waals surface area contributed by atoms with Crippen molar-refractivity contribution in [2.45, 2.75) is 90.7 Å². The Kier molecular flexibility index (Phi) is 10.3. The molecule has 1 atom stereocenters. The number of amides is 3. The first-order valence-electron chi connectivity index (χ1n) is 11.9. The van der Waals surface area contributed by atoms with E-state index in [1.165, 1.54) is 25.7 Å². The molecule has 0 aliphatic carbocycles. The van der Waals surface area contributed by atoms with Crippen molar-refractivity contribution >= 4 is 23.9 Å². The smallest absolute Gasteiger partial charge is 0.408 e. The van der Waals surface area contributed by atoms with E-state index in [0.717, 1.165) is 12.8 Å². The molecular formula is C25H36N2O7. The summed E-state index contributed by atoms with van der Waals surface area (Å²) in [5.74, 6) is -1.55. The molecule has 1 aromatic carbocycles. The predicted octanol–water partition coefficient (Wildman–Crippen LogP) is 4.60. The second kappa shape index (κ2) is 13.0. The molecule has 0 spiro atoms. The van der Waals surface area contributed by atoms with Gasteiger partial charge in [-0.1, -0.05) is 51.2 Å². The van der Waals surface area contributed by atoms with Crippen LogP contribution in [0.4, 0.5) is 4.79 Å². The zero-order chi connectivity index (χ0) is 25.1. The summed E-state index contributed by atoms with van der Waals surface area (Å²) in [6, 6.07) is 5.33. The maximum atomic E-state index is 12.8. The first kappa shape index (κ1) is 27.1. The molecule has 3 amide bonds. The first-order chi connectivity index (χ1) is 16.1. The lowest BCUT2D eigenvalue weighted by Gasteiger charge is -2.24. The quantitative estimate of drug-likeness (QED) is 0.347.